The monoisotopic (exact) mass is 600 g/mol. The summed E-state index contributed by atoms with van der Waals surface area (Å²) in [4.78, 5) is 39.1. The van der Waals surface area contributed by atoms with Gasteiger partial charge in [-0.2, -0.15) is 0 Å². The largest absolute Gasteiger partial charge is 0.465 e. The van der Waals surface area contributed by atoms with Gasteiger partial charge in [0.05, 0.1) is 59.3 Å². The molecule has 0 saturated carbocycles. The molecule has 13 nitrogen and oxygen atoms in total. The van der Waals surface area contributed by atoms with E-state index in [0.717, 1.165) is 19.3 Å². The molecule has 1 aromatic heterocycles. The van der Waals surface area contributed by atoms with Crippen LogP contribution in [0.3, 0.4) is 0 Å². The first-order valence-electron chi connectivity index (χ1n) is 13.3. The summed E-state index contributed by atoms with van der Waals surface area (Å²) in [6, 6.07) is 9.60. The van der Waals surface area contributed by atoms with Crippen LogP contribution in [0, 0.1) is 0 Å². The molecule has 4 rings (SSSR count). The van der Waals surface area contributed by atoms with Crippen LogP contribution < -0.4 is 15.5 Å². The van der Waals surface area contributed by atoms with Gasteiger partial charge in [-0.3, -0.25) is 14.9 Å². The number of aromatic nitrogens is 3. The molecule has 0 bridgehead atoms. The first kappa shape index (κ1) is 30.9. The number of halogens is 1. The lowest BCUT2D eigenvalue weighted by Crippen LogP contribution is -2.23. The van der Waals surface area contributed by atoms with Gasteiger partial charge < -0.3 is 29.5 Å². The van der Waals surface area contributed by atoms with E-state index in [2.05, 4.69) is 20.9 Å². The van der Waals surface area contributed by atoms with Crippen molar-refractivity contribution in [3.63, 3.8) is 0 Å². The molecule has 2 aromatic carbocycles. The predicted molar refractivity (Wildman–Crippen MR) is 156 cm³/mol. The zero-order valence-electron chi connectivity index (χ0n) is 23.3. The molecule has 0 aliphatic carbocycles. The number of amides is 2. The van der Waals surface area contributed by atoms with E-state index in [-0.39, 0.29) is 34.9 Å². The fourth-order valence-electron chi connectivity index (χ4n) is 4.37. The number of ketones is 1. The van der Waals surface area contributed by atoms with Gasteiger partial charge >= 0.3 is 6.09 Å². The van der Waals surface area contributed by atoms with Gasteiger partial charge in [-0.15, -0.1) is 5.10 Å². The lowest BCUT2D eigenvalue weighted by atomic mass is 10.1. The third-order valence-electron chi connectivity index (χ3n) is 6.55. The molecule has 1 aliphatic heterocycles. The highest BCUT2D eigenvalue weighted by Crippen LogP contribution is 2.35. The molecule has 224 valence electrons. The zero-order valence-corrected chi connectivity index (χ0v) is 24.1. The number of nitrogens with one attached hydrogen (secondary N) is 2. The summed E-state index contributed by atoms with van der Waals surface area (Å²) in [5, 5.41) is 22.6. The highest BCUT2D eigenvalue weighted by molar-refractivity contribution is 6.34. The van der Waals surface area contributed by atoms with Gasteiger partial charge in [-0.25, -0.2) is 9.48 Å². The summed E-state index contributed by atoms with van der Waals surface area (Å²) in [5.74, 6) is -1.09. The third kappa shape index (κ3) is 8.26. The summed E-state index contributed by atoms with van der Waals surface area (Å²) in [5.41, 5.74) is 2.30. The number of likely N-dealkylation sites (N-methyl/N-ethyl adjacent to an activating group) is 1. The SMILES string of the molecule is COCCN(C)c1cc(NC(=O)O)c(NC(=O)CC(=O)c2cccc(-n3nncc3COC3CCCCO3)c2)cc1Cl. The van der Waals surface area contributed by atoms with Crippen LogP contribution in [0.2, 0.25) is 5.02 Å². The molecular weight excluding hydrogens is 568 g/mol. The number of carboxylic acid groups (broad SMARTS) is 1. The Kier molecular flexibility index (Phi) is 10.8. The van der Waals surface area contributed by atoms with Crippen LogP contribution in [0.1, 0.15) is 41.7 Å². The molecule has 1 aliphatic rings. The Morgan fingerprint density at radius 1 is 1.19 bits per heavy atom. The lowest BCUT2D eigenvalue weighted by Gasteiger charge is -2.22. The second-order valence-electron chi connectivity index (χ2n) is 9.64. The Balaban J connectivity index is 1.44. The van der Waals surface area contributed by atoms with Gasteiger partial charge in [0.25, 0.3) is 0 Å². The lowest BCUT2D eigenvalue weighted by molar-refractivity contribution is -0.169. The number of carbonyl (C=O) groups is 3. The standard InChI is InChI=1S/C28H33ClN6O7/c1-34(9-11-40-2)24-14-23(32-28(38)39)22(13-21(24)29)31-26(37)15-25(36)18-6-5-7-19(12-18)35-20(16-30-33-35)17-42-27-8-3-4-10-41-27/h5-7,12-14,16,27,32H,3-4,8-11,15,17H2,1-2H3,(H,31,37)(H,38,39). The Bertz CT molecular complexity index is 1410. The van der Waals surface area contributed by atoms with E-state index in [1.165, 1.54) is 12.1 Å². The van der Waals surface area contributed by atoms with E-state index in [4.69, 9.17) is 25.8 Å². The number of Topliss-reactive ketones (excluding diaryl/α,β-unsaturated/α-hetero) is 1. The quantitative estimate of drug-likeness (QED) is 0.190. The summed E-state index contributed by atoms with van der Waals surface area (Å²) >= 11 is 6.44. The number of methoxy groups -OCH3 is 1. The van der Waals surface area contributed by atoms with E-state index < -0.39 is 24.2 Å². The fourth-order valence-corrected chi connectivity index (χ4v) is 4.68. The van der Waals surface area contributed by atoms with Gasteiger partial charge in [0, 0.05) is 32.9 Å². The zero-order chi connectivity index (χ0) is 30.1. The topological polar surface area (TPSA) is 157 Å². The molecule has 2 heterocycles. The van der Waals surface area contributed by atoms with Gasteiger partial charge in [-0.1, -0.05) is 28.9 Å². The van der Waals surface area contributed by atoms with Crippen molar-refractivity contribution in [1.29, 1.82) is 0 Å². The van der Waals surface area contributed by atoms with E-state index in [1.54, 1.807) is 54.2 Å². The van der Waals surface area contributed by atoms with Crippen molar-refractivity contribution in [3.8, 4) is 5.69 Å². The summed E-state index contributed by atoms with van der Waals surface area (Å²) < 4.78 is 18.1. The maximum absolute atomic E-state index is 13.1. The normalized spacial score (nSPS) is 14.8. The maximum Gasteiger partial charge on any atom is 0.409 e. The molecule has 0 radical (unpaired) electrons. The van der Waals surface area contributed by atoms with Crippen molar-refractivity contribution in [2.75, 3.05) is 49.4 Å². The van der Waals surface area contributed by atoms with Crippen LogP contribution in [0.5, 0.6) is 0 Å². The molecule has 3 N–H and O–H groups in total. The number of anilines is 3. The van der Waals surface area contributed by atoms with Crippen LogP contribution in [0.25, 0.3) is 5.69 Å². The van der Waals surface area contributed by atoms with Crippen LogP contribution >= 0.6 is 11.6 Å². The number of benzene rings is 2. The minimum atomic E-state index is -1.32. The van der Waals surface area contributed by atoms with Gasteiger partial charge in [0.15, 0.2) is 12.1 Å². The molecule has 1 atom stereocenters. The third-order valence-corrected chi connectivity index (χ3v) is 6.86. The molecule has 1 saturated heterocycles. The summed E-state index contributed by atoms with van der Waals surface area (Å²) in [6.45, 7) is 1.83. The summed E-state index contributed by atoms with van der Waals surface area (Å²) in [6.07, 6.45) is 2.38. The fraction of sp³-hybridized carbons (Fsp3) is 0.393. The summed E-state index contributed by atoms with van der Waals surface area (Å²) in [7, 11) is 3.34. The number of hydrogen-bond donors (Lipinski definition) is 3. The first-order valence-corrected chi connectivity index (χ1v) is 13.7. The molecule has 0 spiro atoms. The highest BCUT2D eigenvalue weighted by Gasteiger charge is 2.19. The van der Waals surface area contributed by atoms with Gasteiger partial charge in [-0.05, 0) is 43.5 Å². The van der Waals surface area contributed by atoms with Crippen LogP contribution in [-0.4, -0.2) is 78.1 Å². The Morgan fingerprint density at radius 2 is 2.00 bits per heavy atom. The second-order valence-corrected chi connectivity index (χ2v) is 10.0. The molecule has 1 fully saturated rings. The van der Waals surface area contributed by atoms with Crippen molar-refractivity contribution in [2.24, 2.45) is 0 Å². The Labute approximate surface area is 247 Å². The van der Waals surface area contributed by atoms with Crippen molar-refractivity contribution in [1.82, 2.24) is 15.0 Å². The number of rotatable bonds is 13. The minimum absolute atomic E-state index is 0.105. The smallest absolute Gasteiger partial charge is 0.409 e. The predicted octanol–water partition coefficient (Wildman–Crippen LogP) is 4.35. The number of ether oxygens (including phenoxy) is 3. The van der Waals surface area contributed by atoms with Crippen LogP contribution in [0.15, 0.2) is 42.6 Å². The van der Waals surface area contributed by atoms with Crippen molar-refractivity contribution >= 4 is 46.4 Å². The van der Waals surface area contributed by atoms with Crippen molar-refractivity contribution in [3.05, 3.63) is 58.9 Å². The van der Waals surface area contributed by atoms with Gasteiger partial charge in [0.2, 0.25) is 5.91 Å². The highest BCUT2D eigenvalue weighted by atomic mass is 35.5. The number of nitrogens with zero attached hydrogens (tertiary/aromatic N) is 4. The molecular formula is C28H33ClN6O7. The average molecular weight is 601 g/mol. The van der Waals surface area contributed by atoms with E-state index >= 15 is 0 Å². The Morgan fingerprint density at radius 3 is 2.74 bits per heavy atom. The van der Waals surface area contributed by atoms with Crippen LogP contribution in [0.4, 0.5) is 21.9 Å². The van der Waals surface area contributed by atoms with Gasteiger partial charge in [0.1, 0.15) is 0 Å². The Hall–Kier alpha value is -4.04. The van der Waals surface area contributed by atoms with E-state index in [1.807, 2.05) is 0 Å². The second kappa shape index (κ2) is 14.7. The first-order chi connectivity index (χ1) is 20.2. The van der Waals surface area contributed by atoms with E-state index in [0.29, 0.717) is 36.8 Å². The molecule has 14 heteroatoms. The van der Waals surface area contributed by atoms with Crippen molar-refractivity contribution < 1.29 is 33.7 Å². The molecule has 42 heavy (non-hydrogen) atoms. The van der Waals surface area contributed by atoms with Crippen LogP contribution in [-0.2, 0) is 25.6 Å². The molecule has 1 unspecified atom stereocenters. The number of hydrogen-bond acceptors (Lipinski definition) is 9. The minimum Gasteiger partial charge on any atom is -0.465 e. The average Bonchev–Trinajstić information content (AvgIpc) is 3.45. The molecule has 2 amide bonds. The van der Waals surface area contributed by atoms with Crippen molar-refractivity contribution in [2.45, 2.75) is 38.6 Å². The maximum atomic E-state index is 13.1. The number of carbonyl (C=O) groups excluding carboxylic acids is 2. The van der Waals surface area contributed by atoms with E-state index in [9.17, 15) is 19.5 Å². The molecule has 3 aromatic rings.